The van der Waals surface area contributed by atoms with Gasteiger partial charge in [-0.15, -0.1) is 0 Å². The summed E-state index contributed by atoms with van der Waals surface area (Å²) in [5, 5.41) is 8.51. The number of rotatable bonds is 6. The Bertz CT molecular complexity index is 209. The Kier molecular flexibility index (Phi) is 6.42. The van der Waals surface area contributed by atoms with E-state index in [2.05, 4.69) is 16.8 Å². The molecule has 0 radical (unpaired) electrons. The number of carboxylic acids is 1. The van der Waals surface area contributed by atoms with Crippen molar-refractivity contribution in [2.75, 3.05) is 39.8 Å². The van der Waals surface area contributed by atoms with Crippen LogP contribution in [0.4, 0.5) is 0 Å². The van der Waals surface area contributed by atoms with Gasteiger partial charge in [-0.2, -0.15) is 0 Å². The molecule has 0 amide bonds. The molecular weight excluding hydrogens is 204 g/mol. The molecule has 0 saturated carbocycles. The Morgan fingerprint density at radius 3 is 2.69 bits per heavy atom. The van der Waals surface area contributed by atoms with Gasteiger partial charge in [-0.1, -0.05) is 6.42 Å². The molecular formula is C12H24N2O2. The maximum atomic E-state index is 10.3. The minimum Gasteiger partial charge on any atom is -0.481 e. The summed E-state index contributed by atoms with van der Waals surface area (Å²) in [5.41, 5.74) is 0. The van der Waals surface area contributed by atoms with Crippen LogP contribution in [-0.4, -0.2) is 60.6 Å². The zero-order valence-electron chi connectivity index (χ0n) is 10.3. The molecule has 1 N–H and O–H groups in total. The number of carbonyl (C=O) groups is 1. The normalized spacial score (nSPS) is 19.6. The lowest BCUT2D eigenvalue weighted by Crippen LogP contribution is -2.29. The largest absolute Gasteiger partial charge is 0.481 e. The van der Waals surface area contributed by atoms with Crippen molar-refractivity contribution in [3.63, 3.8) is 0 Å². The molecule has 0 bridgehead atoms. The first-order chi connectivity index (χ1) is 7.68. The lowest BCUT2D eigenvalue weighted by molar-refractivity contribution is -0.137. The van der Waals surface area contributed by atoms with Crippen LogP contribution in [0.2, 0.25) is 0 Å². The molecule has 0 unspecified atom stereocenters. The van der Waals surface area contributed by atoms with Crippen LogP contribution in [-0.2, 0) is 4.79 Å². The first-order valence-corrected chi connectivity index (χ1v) is 6.31. The number of nitrogens with zero attached hydrogens (tertiary/aromatic N) is 2. The lowest BCUT2D eigenvalue weighted by atomic mass is 10.2. The Balaban J connectivity index is 2.01. The van der Waals surface area contributed by atoms with Crippen LogP contribution < -0.4 is 0 Å². The molecule has 1 aliphatic heterocycles. The minimum atomic E-state index is -0.670. The molecule has 4 nitrogen and oxygen atoms in total. The summed E-state index contributed by atoms with van der Waals surface area (Å²) in [6.07, 6.45) is 4.58. The van der Waals surface area contributed by atoms with Crippen molar-refractivity contribution in [3.8, 4) is 0 Å². The summed E-state index contributed by atoms with van der Waals surface area (Å²) in [4.78, 5) is 15.2. The second-order valence-corrected chi connectivity index (χ2v) is 4.70. The monoisotopic (exact) mass is 228 g/mol. The highest BCUT2D eigenvalue weighted by Crippen LogP contribution is 2.05. The zero-order valence-corrected chi connectivity index (χ0v) is 10.3. The van der Waals surface area contributed by atoms with Gasteiger partial charge >= 0.3 is 5.97 Å². The van der Waals surface area contributed by atoms with Crippen LogP contribution >= 0.6 is 0 Å². The van der Waals surface area contributed by atoms with Gasteiger partial charge in [0.2, 0.25) is 0 Å². The number of hydrogen-bond acceptors (Lipinski definition) is 3. The van der Waals surface area contributed by atoms with Crippen molar-refractivity contribution < 1.29 is 9.90 Å². The number of unbranched alkanes of at least 4 members (excludes halogenated alkanes) is 2. The molecule has 0 aromatic rings. The van der Waals surface area contributed by atoms with E-state index in [1.54, 1.807) is 0 Å². The third-order valence-corrected chi connectivity index (χ3v) is 3.18. The molecule has 0 aliphatic carbocycles. The summed E-state index contributed by atoms with van der Waals surface area (Å²) in [6.45, 7) is 5.86. The molecule has 1 saturated heterocycles. The third kappa shape index (κ3) is 6.08. The van der Waals surface area contributed by atoms with Crippen molar-refractivity contribution >= 4 is 5.97 Å². The lowest BCUT2D eigenvalue weighted by Gasteiger charge is -2.19. The maximum absolute atomic E-state index is 10.3. The van der Waals surface area contributed by atoms with Gasteiger partial charge in [0.05, 0.1) is 0 Å². The first kappa shape index (κ1) is 13.5. The molecule has 1 heterocycles. The molecule has 4 heteroatoms. The summed E-state index contributed by atoms with van der Waals surface area (Å²) >= 11 is 0. The van der Waals surface area contributed by atoms with Gasteiger partial charge in [-0.05, 0) is 45.9 Å². The number of carboxylic acid groups (broad SMARTS) is 1. The van der Waals surface area contributed by atoms with E-state index in [0.29, 0.717) is 6.42 Å². The van der Waals surface area contributed by atoms with E-state index in [4.69, 9.17) is 5.11 Å². The van der Waals surface area contributed by atoms with Crippen molar-refractivity contribution in [2.45, 2.75) is 32.1 Å². The van der Waals surface area contributed by atoms with Crippen molar-refractivity contribution in [1.29, 1.82) is 0 Å². The summed E-state index contributed by atoms with van der Waals surface area (Å²) in [7, 11) is 2.18. The van der Waals surface area contributed by atoms with Crippen molar-refractivity contribution in [3.05, 3.63) is 0 Å². The van der Waals surface area contributed by atoms with Crippen LogP contribution in [0.3, 0.4) is 0 Å². The summed E-state index contributed by atoms with van der Waals surface area (Å²) < 4.78 is 0. The van der Waals surface area contributed by atoms with E-state index < -0.39 is 5.97 Å². The molecule has 0 atom stereocenters. The average Bonchev–Trinajstić information content (AvgIpc) is 2.43. The Morgan fingerprint density at radius 1 is 1.12 bits per heavy atom. The molecule has 0 aromatic heterocycles. The second kappa shape index (κ2) is 7.63. The molecule has 1 rings (SSSR count). The Labute approximate surface area is 98.2 Å². The van der Waals surface area contributed by atoms with E-state index in [1.807, 2.05) is 0 Å². The smallest absolute Gasteiger partial charge is 0.303 e. The van der Waals surface area contributed by atoms with E-state index in [9.17, 15) is 4.79 Å². The highest BCUT2D eigenvalue weighted by molar-refractivity contribution is 5.66. The van der Waals surface area contributed by atoms with E-state index in [-0.39, 0.29) is 0 Å². The van der Waals surface area contributed by atoms with Gasteiger partial charge < -0.3 is 14.9 Å². The summed E-state index contributed by atoms with van der Waals surface area (Å²) in [6, 6.07) is 0. The first-order valence-electron chi connectivity index (χ1n) is 6.31. The molecule has 1 fully saturated rings. The summed E-state index contributed by atoms with van der Waals surface area (Å²) in [5.74, 6) is -0.670. The van der Waals surface area contributed by atoms with Gasteiger partial charge in [0.15, 0.2) is 0 Å². The van der Waals surface area contributed by atoms with E-state index >= 15 is 0 Å². The van der Waals surface area contributed by atoms with Crippen LogP contribution in [0.1, 0.15) is 32.1 Å². The van der Waals surface area contributed by atoms with Crippen LogP contribution in [0.15, 0.2) is 0 Å². The van der Waals surface area contributed by atoms with Crippen molar-refractivity contribution in [1.82, 2.24) is 9.80 Å². The second-order valence-electron chi connectivity index (χ2n) is 4.70. The molecule has 94 valence electrons. The van der Waals surface area contributed by atoms with Gasteiger partial charge in [0, 0.05) is 19.5 Å². The average molecular weight is 228 g/mol. The topological polar surface area (TPSA) is 43.8 Å². The third-order valence-electron chi connectivity index (χ3n) is 3.18. The van der Waals surface area contributed by atoms with Gasteiger partial charge in [0.25, 0.3) is 0 Å². The van der Waals surface area contributed by atoms with Crippen molar-refractivity contribution in [2.24, 2.45) is 0 Å². The fourth-order valence-corrected chi connectivity index (χ4v) is 2.11. The van der Waals surface area contributed by atoms with Gasteiger partial charge in [-0.25, -0.2) is 0 Å². The zero-order chi connectivity index (χ0) is 11.8. The highest BCUT2D eigenvalue weighted by Gasteiger charge is 2.11. The van der Waals surface area contributed by atoms with Crippen LogP contribution in [0.25, 0.3) is 0 Å². The SMILES string of the molecule is CN1CCCN(CCCCCC(=O)O)CC1. The van der Waals surface area contributed by atoms with Crippen LogP contribution in [0.5, 0.6) is 0 Å². The molecule has 0 aromatic carbocycles. The number of aliphatic carboxylic acids is 1. The quantitative estimate of drug-likeness (QED) is 0.695. The Morgan fingerprint density at radius 2 is 1.94 bits per heavy atom. The van der Waals surface area contributed by atoms with Gasteiger partial charge in [-0.3, -0.25) is 4.79 Å². The Hall–Kier alpha value is -0.610. The number of likely N-dealkylation sites (N-methyl/N-ethyl adjacent to an activating group) is 1. The molecule has 16 heavy (non-hydrogen) atoms. The fraction of sp³-hybridized carbons (Fsp3) is 0.917. The van der Waals surface area contributed by atoms with Gasteiger partial charge in [0.1, 0.15) is 0 Å². The highest BCUT2D eigenvalue weighted by atomic mass is 16.4. The predicted molar refractivity (Wildman–Crippen MR) is 64.7 cm³/mol. The predicted octanol–water partition coefficient (Wildman–Crippen LogP) is 1.27. The maximum Gasteiger partial charge on any atom is 0.303 e. The number of hydrogen-bond donors (Lipinski definition) is 1. The standard InChI is InChI=1S/C12H24N2O2/c1-13-7-5-9-14(11-10-13)8-4-2-3-6-12(15)16/h2-11H2,1H3,(H,15,16). The molecule has 0 spiro atoms. The van der Waals surface area contributed by atoms with Crippen LogP contribution in [0, 0.1) is 0 Å². The molecule has 1 aliphatic rings. The van der Waals surface area contributed by atoms with E-state index in [1.165, 1.54) is 19.5 Å². The minimum absolute atomic E-state index is 0.322. The fourth-order valence-electron chi connectivity index (χ4n) is 2.11. The van der Waals surface area contributed by atoms with E-state index in [0.717, 1.165) is 38.9 Å².